The van der Waals surface area contributed by atoms with Crippen LogP contribution in [-0.2, 0) is 23.2 Å². The minimum absolute atomic E-state index is 0.00448. The zero-order valence-electron chi connectivity index (χ0n) is 20.1. The number of carbonyl (C=O) groups excluding carboxylic acids is 2. The van der Waals surface area contributed by atoms with Crippen LogP contribution in [0.25, 0.3) is 0 Å². The van der Waals surface area contributed by atoms with Gasteiger partial charge in [0.2, 0.25) is 11.8 Å². The van der Waals surface area contributed by atoms with E-state index in [1.165, 1.54) is 0 Å². The SMILES string of the molecule is Cc1nn(C)c(C)c1CN(C)C(=O)CN1C(=O)[C@@]2(COc3ccccc3)C[C@H]2c2ccccc21. The molecular weight excluding hydrogens is 428 g/mol. The number of carbonyl (C=O) groups is 2. The Kier molecular flexibility index (Phi) is 5.42. The Labute approximate surface area is 199 Å². The predicted octanol–water partition coefficient (Wildman–Crippen LogP) is 3.59. The van der Waals surface area contributed by atoms with E-state index >= 15 is 0 Å². The molecule has 34 heavy (non-hydrogen) atoms. The Balaban J connectivity index is 1.36. The summed E-state index contributed by atoms with van der Waals surface area (Å²) in [6.45, 7) is 4.73. The maximum absolute atomic E-state index is 13.8. The van der Waals surface area contributed by atoms with E-state index in [2.05, 4.69) is 11.2 Å². The van der Waals surface area contributed by atoms with Crippen molar-refractivity contribution in [2.45, 2.75) is 32.7 Å². The van der Waals surface area contributed by atoms with Crippen LogP contribution in [0, 0.1) is 19.3 Å². The van der Waals surface area contributed by atoms with Crippen LogP contribution in [0.3, 0.4) is 0 Å². The topological polar surface area (TPSA) is 67.7 Å². The number of para-hydroxylation sites is 2. The number of fused-ring (bicyclic) bond motifs is 3. The van der Waals surface area contributed by atoms with Crippen molar-refractivity contribution in [3.63, 3.8) is 0 Å². The average Bonchev–Trinajstić information content (AvgIpc) is 3.54. The number of likely N-dealkylation sites (N-methyl/N-ethyl adjacent to an activating group) is 1. The first-order chi connectivity index (χ1) is 16.3. The standard InChI is InChI=1S/C27H30N4O3/c1-18-22(19(2)30(4)28-18)15-29(3)25(32)16-31-24-13-9-8-12-21(24)23-14-27(23,26(31)33)17-34-20-10-6-5-7-11-20/h5-13,23H,14-17H2,1-4H3/t23-,27+/m0/s1. The van der Waals surface area contributed by atoms with E-state index in [-0.39, 0.29) is 24.3 Å². The number of aryl methyl sites for hydroxylation is 2. The second-order valence-corrected chi connectivity index (χ2v) is 9.49. The predicted molar refractivity (Wildman–Crippen MR) is 130 cm³/mol. The van der Waals surface area contributed by atoms with Gasteiger partial charge >= 0.3 is 0 Å². The van der Waals surface area contributed by atoms with Crippen LogP contribution in [0.5, 0.6) is 5.75 Å². The van der Waals surface area contributed by atoms with Gasteiger partial charge in [0.15, 0.2) is 0 Å². The van der Waals surface area contributed by atoms with Crippen molar-refractivity contribution in [2.24, 2.45) is 12.5 Å². The van der Waals surface area contributed by atoms with Gasteiger partial charge in [-0.25, -0.2) is 0 Å². The molecule has 1 saturated carbocycles. The minimum atomic E-state index is -0.612. The first-order valence-electron chi connectivity index (χ1n) is 11.6. The van der Waals surface area contributed by atoms with Crippen molar-refractivity contribution in [3.8, 4) is 5.75 Å². The molecule has 0 spiro atoms. The first-order valence-corrected chi connectivity index (χ1v) is 11.6. The number of anilines is 1. The van der Waals surface area contributed by atoms with Crippen molar-refractivity contribution in [3.05, 3.63) is 77.1 Å². The maximum atomic E-state index is 13.8. The van der Waals surface area contributed by atoms with Gasteiger partial charge in [0.05, 0.1) is 11.1 Å². The van der Waals surface area contributed by atoms with Gasteiger partial charge in [-0.15, -0.1) is 0 Å². The molecule has 7 heteroatoms. The zero-order valence-corrected chi connectivity index (χ0v) is 20.1. The van der Waals surface area contributed by atoms with Crippen molar-refractivity contribution in [1.82, 2.24) is 14.7 Å². The number of nitrogens with zero attached hydrogens (tertiary/aromatic N) is 4. The van der Waals surface area contributed by atoms with Crippen LogP contribution < -0.4 is 9.64 Å². The van der Waals surface area contributed by atoms with Gasteiger partial charge in [-0.3, -0.25) is 14.3 Å². The van der Waals surface area contributed by atoms with Crippen molar-refractivity contribution in [1.29, 1.82) is 0 Å². The highest BCUT2D eigenvalue weighted by Crippen LogP contribution is 2.65. The Morgan fingerprint density at radius 3 is 2.56 bits per heavy atom. The molecule has 176 valence electrons. The third kappa shape index (κ3) is 3.65. The van der Waals surface area contributed by atoms with E-state index in [0.29, 0.717) is 13.2 Å². The van der Waals surface area contributed by atoms with Crippen molar-refractivity contribution < 1.29 is 14.3 Å². The molecule has 3 aromatic rings. The first kappa shape index (κ1) is 22.2. The van der Waals surface area contributed by atoms with Crippen molar-refractivity contribution in [2.75, 3.05) is 25.1 Å². The molecule has 1 aliphatic carbocycles. The molecule has 0 saturated heterocycles. The molecule has 0 unspecified atom stereocenters. The van der Waals surface area contributed by atoms with Gasteiger partial charge in [-0.2, -0.15) is 5.10 Å². The summed E-state index contributed by atoms with van der Waals surface area (Å²) in [5.41, 5.74) is 4.33. The molecule has 0 bridgehead atoms. The van der Waals surface area contributed by atoms with Crippen LogP contribution in [0.1, 0.15) is 34.9 Å². The second-order valence-electron chi connectivity index (χ2n) is 9.49. The smallest absolute Gasteiger partial charge is 0.242 e. The Morgan fingerprint density at radius 1 is 1.15 bits per heavy atom. The van der Waals surface area contributed by atoms with Gasteiger partial charge in [0.1, 0.15) is 18.9 Å². The van der Waals surface area contributed by atoms with Crippen molar-refractivity contribution >= 4 is 17.5 Å². The summed E-state index contributed by atoms with van der Waals surface area (Å²) < 4.78 is 7.86. The number of aromatic nitrogens is 2. The summed E-state index contributed by atoms with van der Waals surface area (Å²) in [4.78, 5) is 30.4. The van der Waals surface area contributed by atoms with E-state index < -0.39 is 5.41 Å². The van der Waals surface area contributed by atoms with E-state index in [1.54, 1.807) is 16.8 Å². The summed E-state index contributed by atoms with van der Waals surface area (Å²) in [6, 6.07) is 17.5. The number of ether oxygens (including phenoxy) is 1. The third-order valence-electron chi connectivity index (χ3n) is 7.36. The molecule has 2 aliphatic rings. The highest BCUT2D eigenvalue weighted by Gasteiger charge is 2.66. The lowest BCUT2D eigenvalue weighted by molar-refractivity contribution is -0.132. The number of hydrogen-bond acceptors (Lipinski definition) is 4. The van der Waals surface area contributed by atoms with Crippen LogP contribution in [0.2, 0.25) is 0 Å². The summed E-state index contributed by atoms with van der Waals surface area (Å²) >= 11 is 0. The van der Waals surface area contributed by atoms with Gasteiger partial charge in [-0.05, 0) is 44.0 Å². The quantitative estimate of drug-likeness (QED) is 0.543. The van der Waals surface area contributed by atoms with Gasteiger partial charge in [-0.1, -0.05) is 36.4 Å². The number of benzene rings is 2. The number of hydrogen-bond donors (Lipinski definition) is 0. The van der Waals surface area contributed by atoms with E-state index in [1.807, 2.05) is 74.1 Å². The van der Waals surface area contributed by atoms with E-state index in [0.717, 1.165) is 40.4 Å². The van der Waals surface area contributed by atoms with Crippen LogP contribution in [-0.4, -0.2) is 46.7 Å². The molecule has 1 aromatic heterocycles. The molecule has 2 atom stereocenters. The van der Waals surface area contributed by atoms with Crippen LogP contribution >= 0.6 is 0 Å². The molecule has 0 radical (unpaired) electrons. The van der Waals surface area contributed by atoms with Gasteiger partial charge < -0.3 is 14.5 Å². The summed E-state index contributed by atoms with van der Waals surface area (Å²) in [5.74, 6) is 0.745. The zero-order chi connectivity index (χ0) is 24.0. The molecular formula is C27H30N4O3. The fraction of sp³-hybridized carbons (Fsp3) is 0.370. The molecule has 0 N–H and O–H groups in total. The Bertz CT molecular complexity index is 1250. The normalized spacial score (nSPS) is 20.5. The average molecular weight is 459 g/mol. The molecule has 2 amide bonds. The van der Waals surface area contributed by atoms with Gasteiger partial charge in [0.25, 0.3) is 0 Å². The summed E-state index contributed by atoms with van der Waals surface area (Å²) in [6.07, 6.45) is 0.740. The lowest BCUT2D eigenvalue weighted by Crippen LogP contribution is -2.48. The molecule has 5 rings (SSSR count). The third-order valence-corrected chi connectivity index (χ3v) is 7.36. The highest BCUT2D eigenvalue weighted by molar-refractivity contribution is 6.07. The molecule has 7 nitrogen and oxygen atoms in total. The van der Waals surface area contributed by atoms with Crippen LogP contribution in [0.15, 0.2) is 54.6 Å². The summed E-state index contributed by atoms with van der Waals surface area (Å²) in [5, 5.41) is 4.45. The maximum Gasteiger partial charge on any atom is 0.242 e. The van der Waals surface area contributed by atoms with Gasteiger partial charge in [0, 0.05) is 43.5 Å². The Hall–Kier alpha value is -3.61. The van der Waals surface area contributed by atoms with Crippen LogP contribution in [0.4, 0.5) is 5.69 Å². The monoisotopic (exact) mass is 458 g/mol. The molecule has 1 fully saturated rings. The number of amides is 2. The highest BCUT2D eigenvalue weighted by atomic mass is 16.5. The molecule has 1 aliphatic heterocycles. The Morgan fingerprint density at radius 2 is 1.85 bits per heavy atom. The second kappa shape index (κ2) is 8.31. The lowest BCUT2D eigenvalue weighted by Gasteiger charge is -2.34. The fourth-order valence-electron chi connectivity index (χ4n) is 5.09. The summed E-state index contributed by atoms with van der Waals surface area (Å²) in [7, 11) is 3.68. The lowest BCUT2D eigenvalue weighted by atomic mass is 9.92. The molecule has 2 aromatic carbocycles. The van der Waals surface area contributed by atoms with E-state index in [4.69, 9.17) is 4.74 Å². The van der Waals surface area contributed by atoms with E-state index in [9.17, 15) is 9.59 Å². The molecule has 2 heterocycles. The minimum Gasteiger partial charge on any atom is -0.492 e. The number of rotatable bonds is 7. The fourth-order valence-corrected chi connectivity index (χ4v) is 5.09. The largest absolute Gasteiger partial charge is 0.492 e.